The molecule has 0 aliphatic carbocycles. The molecule has 0 unspecified atom stereocenters. The molecule has 0 saturated carbocycles. The van der Waals surface area contributed by atoms with Crippen molar-refractivity contribution in [3.63, 3.8) is 0 Å². The number of aromatic nitrogens is 2. The third-order valence-electron chi connectivity index (χ3n) is 2.54. The summed E-state index contributed by atoms with van der Waals surface area (Å²) in [6.07, 6.45) is 6.82. The minimum absolute atomic E-state index is 0.311. The first kappa shape index (κ1) is 12.5. The van der Waals surface area contributed by atoms with Crippen LogP contribution in [0, 0.1) is 5.82 Å². The predicted molar refractivity (Wildman–Crippen MR) is 67.8 cm³/mol. The first-order valence-corrected chi connectivity index (χ1v) is 6.00. The van der Waals surface area contributed by atoms with Crippen LogP contribution in [0.1, 0.15) is 19.8 Å². The summed E-state index contributed by atoms with van der Waals surface area (Å²) >= 11 is 0. The number of unbranched alkanes of at least 4 members (excludes halogenated alkanes) is 1. The lowest BCUT2D eigenvalue weighted by atomic mass is 10.1. The fourth-order valence-corrected chi connectivity index (χ4v) is 1.59. The van der Waals surface area contributed by atoms with E-state index in [2.05, 4.69) is 16.9 Å². The molecule has 1 aromatic carbocycles. The Hall–Kier alpha value is -1.97. The van der Waals surface area contributed by atoms with Crippen LogP contribution in [-0.2, 0) is 0 Å². The smallest absolute Gasteiger partial charge is 0.131 e. The van der Waals surface area contributed by atoms with Gasteiger partial charge in [-0.1, -0.05) is 13.3 Å². The topological polar surface area (TPSA) is 35.0 Å². The number of ether oxygens (including phenoxy) is 1. The number of nitrogens with zero attached hydrogens (tertiary/aromatic N) is 2. The Kier molecular flexibility index (Phi) is 4.23. The zero-order chi connectivity index (χ0) is 12.8. The minimum Gasteiger partial charge on any atom is -0.493 e. The second-order valence-corrected chi connectivity index (χ2v) is 3.93. The summed E-state index contributed by atoms with van der Waals surface area (Å²) in [5.41, 5.74) is 1.45. The van der Waals surface area contributed by atoms with Crippen molar-refractivity contribution in [2.24, 2.45) is 0 Å². The summed E-state index contributed by atoms with van der Waals surface area (Å²) in [7, 11) is 0. The predicted octanol–water partition coefficient (Wildman–Crippen LogP) is 3.46. The molecule has 0 spiro atoms. The molecule has 0 aliphatic heterocycles. The van der Waals surface area contributed by atoms with Gasteiger partial charge in [0, 0.05) is 24.0 Å². The van der Waals surface area contributed by atoms with E-state index in [9.17, 15) is 4.39 Å². The normalized spacial score (nSPS) is 10.3. The van der Waals surface area contributed by atoms with Crippen molar-refractivity contribution in [2.75, 3.05) is 6.61 Å². The maximum absolute atomic E-state index is 13.3. The fourth-order valence-electron chi connectivity index (χ4n) is 1.59. The van der Waals surface area contributed by atoms with Gasteiger partial charge in [0.15, 0.2) is 0 Å². The van der Waals surface area contributed by atoms with E-state index in [1.807, 2.05) is 0 Å². The van der Waals surface area contributed by atoms with Crippen LogP contribution < -0.4 is 4.74 Å². The molecule has 0 radical (unpaired) electrons. The van der Waals surface area contributed by atoms with Crippen LogP contribution in [0.15, 0.2) is 36.8 Å². The molecule has 1 heterocycles. The average Bonchev–Trinajstić information content (AvgIpc) is 2.40. The van der Waals surface area contributed by atoms with Crippen LogP contribution in [0.5, 0.6) is 5.75 Å². The van der Waals surface area contributed by atoms with Crippen LogP contribution in [-0.4, -0.2) is 16.6 Å². The Morgan fingerprint density at radius 1 is 1.28 bits per heavy atom. The highest BCUT2D eigenvalue weighted by molar-refractivity contribution is 5.66. The molecule has 0 bridgehead atoms. The van der Waals surface area contributed by atoms with Crippen molar-refractivity contribution in [1.82, 2.24) is 9.97 Å². The molecule has 18 heavy (non-hydrogen) atoms. The van der Waals surface area contributed by atoms with Gasteiger partial charge in [0.25, 0.3) is 0 Å². The Labute approximate surface area is 106 Å². The van der Waals surface area contributed by atoms with E-state index in [-0.39, 0.29) is 5.82 Å². The van der Waals surface area contributed by atoms with Crippen molar-refractivity contribution >= 4 is 0 Å². The van der Waals surface area contributed by atoms with Gasteiger partial charge in [0.05, 0.1) is 18.5 Å². The van der Waals surface area contributed by atoms with Crippen LogP contribution in [0.25, 0.3) is 11.3 Å². The van der Waals surface area contributed by atoms with Gasteiger partial charge in [-0.25, -0.2) is 4.39 Å². The molecule has 0 amide bonds. The molecule has 0 atom stereocenters. The van der Waals surface area contributed by atoms with Crippen LogP contribution in [0.3, 0.4) is 0 Å². The molecule has 0 saturated heterocycles. The largest absolute Gasteiger partial charge is 0.493 e. The maximum atomic E-state index is 13.3. The van der Waals surface area contributed by atoms with Crippen LogP contribution >= 0.6 is 0 Å². The third-order valence-corrected chi connectivity index (χ3v) is 2.54. The number of halogens is 1. The Morgan fingerprint density at radius 2 is 2.17 bits per heavy atom. The first-order valence-electron chi connectivity index (χ1n) is 6.00. The summed E-state index contributed by atoms with van der Waals surface area (Å²) < 4.78 is 18.9. The Balaban J connectivity index is 2.29. The standard InChI is InChI=1S/C14H15FN2O/c1-2-3-8-18-14-9-11(15)4-5-12(14)13-10-16-6-7-17-13/h4-7,9-10H,2-3,8H2,1H3. The van der Waals surface area contributed by atoms with Gasteiger partial charge in [-0.2, -0.15) is 0 Å². The second-order valence-electron chi connectivity index (χ2n) is 3.93. The lowest BCUT2D eigenvalue weighted by molar-refractivity contribution is 0.309. The molecule has 0 fully saturated rings. The quantitative estimate of drug-likeness (QED) is 0.758. The van der Waals surface area contributed by atoms with Gasteiger partial charge in [-0.3, -0.25) is 9.97 Å². The number of rotatable bonds is 5. The van der Waals surface area contributed by atoms with Crippen molar-refractivity contribution in [3.8, 4) is 17.0 Å². The van der Waals surface area contributed by atoms with Crippen molar-refractivity contribution < 1.29 is 9.13 Å². The fraction of sp³-hybridized carbons (Fsp3) is 0.286. The Bertz CT molecular complexity index is 502. The van der Waals surface area contributed by atoms with E-state index < -0.39 is 0 Å². The SMILES string of the molecule is CCCCOc1cc(F)ccc1-c1cnccn1. The lowest BCUT2D eigenvalue weighted by Gasteiger charge is -2.10. The van der Waals surface area contributed by atoms with Crippen molar-refractivity contribution in [1.29, 1.82) is 0 Å². The highest BCUT2D eigenvalue weighted by Crippen LogP contribution is 2.29. The summed E-state index contributed by atoms with van der Waals surface area (Å²) in [5, 5.41) is 0. The summed E-state index contributed by atoms with van der Waals surface area (Å²) in [6, 6.07) is 4.46. The van der Waals surface area contributed by atoms with Gasteiger partial charge in [-0.15, -0.1) is 0 Å². The van der Waals surface area contributed by atoms with Crippen LogP contribution in [0.4, 0.5) is 4.39 Å². The van der Waals surface area contributed by atoms with Gasteiger partial charge in [0.2, 0.25) is 0 Å². The first-order chi connectivity index (χ1) is 8.81. The second kappa shape index (κ2) is 6.10. The van der Waals surface area contributed by atoms with E-state index in [4.69, 9.17) is 4.74 Å². The molecular weight excluding hydrogens is 231 g/mol. The van der Waals surface area contributed by atoms with E-state index in [1.165, 1.54) is 12.1 Å². The molecule has 4 heteroatoms. The number of hydrogen-bond donors (Lipinski definition) is 0. The lowest BCUT2D eigenvalue weighted by Crippen LogP contribution is -1.99. The average molecular weight is 246 g/mol. The molecule has 2 rings (SSSR count). The molecular formula is C14H15FN2O. The molecule has 94 valence electrons. The molecule has 2 aromatic rings. The van der Waals surface area contributed by atoms with Crippen molar-refractivity contribution in [2.45, 2.75) is 19.8 Å². The van der Waals surface area contributed by atoms with E-state index in [0.717, 1.165) is 18.4 Å². The third kappa shape index (κ3) is 3.03. The van der Waals surface area contributed by atoms with Crippen molar-refractivity contribution in [3.05, 3.63) is 42.6 Å². The minimum atomic E-state index is -0.311. The summed E-state index contributed by atoms with van der Waals surface area (Å²) in [4.78, 5) is 8.21. The Morgan fingerprint density at radius 3 is 2.89 bits per heavy atom. The zero-order valence-corrected chi connectivity index (χ0v) is 10.3. The molecule has 1 aromatic heterocycles. The summed E-state index contributed by atoms with van der Waals surface area (Å²) in [6.45, 7) is 2.66. The molecule has 0 aliphatic rings. The summed E-state index contributed by atoms with van der Waals surface area (Å²) in [5.74, 6) is 0.207. The highest BCUT2D eigenvalue weighted by atomic mass is 19.1. The molecule has 0 N–H and O–H groups in total. The molecule has 3 nitrogen and oxygen atoms in total. The number of hydrogen-bond acceptors (Lipinski definition) is 3. The highest BCUT2D eigenvalue weighted by Gasteiger charge is 2.09. The van der Waals surface area contributed by atoms with Gasteiger partial charge < -0.3 is 4.74 Å². The van der Waals surface area contributed by atoms with Gasteiger partial charge in [-0.05, 0) is 18.6 Å². The van der Waals surface area contributed by atoms with Gasteiger partial charge >= 0.3 is 0 Å². The van der Waals surface area contributed by atoms with E-state index >= 15 is 0 Å². The van der Waals surface area contributed by atoms with Gasteiger partial charge in [0.1, 0.15) is 11.6 Å². The van der Waals surface area contributed by atoms with E-state index in [1.54, 1.807) is 24.7 Å². The van der Waals surface area contributed by atoms with Crippen LogP contribution in [0.2, 0.25) is 0 Å². The zero-order valence-electron chi connectivity index (χ0n) is 10.3. The van der Waals surface area contributed by atoms with E-state index in [0.29, 0.717) is 18.1 Å². The maximum Gasteiger partial charge on any atom is 0.131 e. The number of benzene rings is 1. The monoisotopic (exact) mass is 246 g/mol.